The van der Waals surface area contributed by atoms with Gasteiger partial charge in [0.25, 0.3) is 0 Å². The zero-order chi connectivity index (χ0) is 15.4. The van der Waals surface area contributed by atoms with Crippen LogP contribution in [0.15, 0.2) is 16.6 Å². The molecule has 0 aliphatic carbocycles. The van der Waals surface area contributed by atoms with Crippen molar-refractivity contribution in [3.8, 4) is 5.75 Å². The standard InChI is InChI=1S/C12H12BrNO6/c1-6(15)9-4-8(13)5-10(14(17)18)11(9)20-7(2)12(16)19-3/h4-5,7H,1-3H3. The lowest BCUT2D eigenvalue weighted by Crippen LogP contribution is -2.26. The number of carbonyl (C=O) groups excluding carboxylic acids is 2. The molecule has 0 heterocycles. The SMILES string of the molecule is COC(=O)C(C)Oc1c(C(C)=O)cc(Br)cc1[N+](=O)[O-]. The average Bonchev–Trinajstić information content (AvgIpc) is 2.38. The summed E-state index contributed by atoms with van der Waals surface area (Å²) in [5, 5.41) is 11.0. The molecule has 8 heteroatoms. The fourth-order valence-electron chi connectivity index (χ4n) is 1.49. The highest BCUT2D eigenvalue weighted by atomic mass is 79.9. The number of esters is 1. The minimum Gasteiger partial charge on any atom is -0.471 e. The van der Waals surface area contributed by atoms with Crippen LogP contribution in [0.1, 0.15) is 24.2 Å². The fourth-order valence-corrected chi connectivity index (χ4v) is 1.94. The number of rotatable bonds is 5. The third-order valence-electron chi connectivity index (χ3n) is 2.44. The lowest BCUT2D eigenvalue weighted by Gasteiger charge is -2.15. The molecule has 108 valence electrons. The number of ketones is 1. The molecule has 0 aromatic heterocycles. The molecule has 1 unspecified atom stereocenters. The highest BCUT2D eigenvalue weighted by molar-refractivity contribution is 9.10. The molecule has 0 amide bonds. The van der Waals surface area contributed by atoms with E-state index < -0.39 is 28.5 Å². The summed E-state index contributed by atoms with van der Waals surface area (Å²) in [5.41, 5.74) is -0.387. The van der Waals surface area contributed by atoms with E-state index in [0.29, 0.717) is 4.47 Å². The predicted molar refractivity (Wildman–Crippen MR) is 72.9 cm³/mol. The largest absolute Gasteiger partial charge is 0.471 e. The number of halogens is 1. The Bertz CT molecular complexity index is 536. The molecule has 0 bridgehead atoms. The number of ether oxygens (including phenoxy) is 2. The van der Waals surface area contributed by atoms with E-state index in [9.17, 15) is 19.7 Å². The average molecular weight is 346 g/mol. The van der Waals surface area contributed by atoms with Crippen LogP contribution in [0, 0.1) is 10.1 Å². The number of benzene rings is 1. The smallest absolute Gasteiger partial charge is 0.346 e. The van der Waals surface area contributed by atoms with E-state index in [0.717, 1.165) is 0 Å². The number of nitro groups is 1. The third kappa shape index (κ3) is 3.53. The number of nitrogens with zero attached hydrogens (tertiary/aromatic N) is 1. The minimum atomic E-state index is -1.07. The van der Waals surface area contributed by atoms with Crippen LogP contribution in [0.25, 0.3) is 0 Å². The van der Waals surface area contributed by atoms with E-state index >= 15 is 0 Å². The molecule has 0 saturated heterocycles. The Morgan fingerprint density at radius 1 is 1.40 bits per heavy atom. The van der Waals surface area contributed by atoms with Crippen LogP contribution in [-0.4, -0.2) is 29.9 Å². The van der Waals surface area contributed by atoms with Crippen molar-refractivity contribution in [1.29, 1.82) is 0 Å². The second-order valence-electron chi connectivity index (χ2n) is 3.90. The van der Waals surface area contributed by atoms with Gasteiger partial charge in [-0.1, -0.05) is 15.9 Å². The molecule has 0 saturated carbocycles. The maximum atomic E-state index is 11.6. The summed E-state index contributed by atoms with van der Waals surface area (Å²) in [5.74, 6) is -1.36. The van der Waals surface area contributed by atoms with E-state index in [1.54, 1.807) is 0 Å². The van der Waals surface area contributed by atoms with E-state index in [2.05, 4.69) is 20.7 Å². The maximum absolute atomic E-state index is 11.6. The van der Waals surface area contributed by atoms with Gasteiger partial charge >= 0.3 is 11.7 Å². The van der Waals surface area contributed by atoms with Gasteiger partial charge in [0.2, 0.25) is 5.75 Å². The van der Waals surface area contributed by atoms with Crippen LogP contribution in [0.3, 0.4) is 0 Å². The molecule has 1 atom stereocenters. The Morgan fingerprint density at radius 3 is 2.45 bits per heavy atom. The summed E-state index contributed by atoms with van der Waals surface area (Å²) in [6.45, 7) is 2.63. The van der Waals surface area contributed by atoms with Crippen LogP contribution < -0.4 is 4.74 Å². The molecule has 1 rings (SSSR count). The van der Waals surface area contributed by atoms with Crippen molar-refractivity contribution in [3.63, 3.8) is 0 Å². The summed E-state index contributed by atoms with van der Waals surface area (Å²) in [7, 11) is 1.17. The molecule has 1 aromatic rings. The number of hydrogen-bond donors (Lipinski definition) is 0. The maximum Gasteiger partial charge on any atom is 0.346 e. The van der Waals surface area contributed by atoms with E-state index in [4.69, 9.17) is 4.74 Å². The Balaban J connectivity index is 3.37. The fraction of sp³-hybridized carbons (Fsp3) is 0.333. The van der Waals surface area contributed by atoms with Gasteiger partial charge in [-0.05, 0) is 19.9 Å². The quantitative estimate of drug-likeness (QED) is 0.352. The summed E-state index contributed by atoms with van der Waals surface area (Å²) < 4.78 is 10.1. The van der Waals surface area contributed by atoms with Crippen molar-refractivity contribution in [1.82, 2.24) is 0 Å². The molecule has 0 N–H and O–H groups in total. The van der Waals surface area contributed by atoms with Gasteiger partial charge in [-0.25, -0.2) is 4.79 Å². The highest BCUT2D eigenvalue weighted by Gasteiger charge is 2.27. The monoisotopic (exact) mass is 345 g/mol. The second kappa shape index (κ2) is 6.47. The summed E-state index contributed by atoms with van der Waals surface area (Å²) >= 11 is 3.09. The van der Waals surface area contributed by atoms with Crippen molar-refractivity contribution < 1.29 is 24.0 Å². The first-order valence-corrected chi connectivity index (χ1v) is 6.30. The van der Waals surface area contributed by atoms with Gasteiger partial charge in [0.15, 0.2) is 11.9 Å². The molecular weight excluding hydrogens is 334 g/mol. The normalized spacial score (nSPS) is 11.6. The molecule has 0 spiro atoms. The lowest BCUT2D eigenvalue weighted by molar-refractivity contribution is -0.386. The van der Waals surface area contributed by atoms with E-state index in [-0.39, 0.29) is 11.3 Å². The van der Waals surface area contributed by atoms with Gasteiger partial charge < -0.3 is 9.47 Å². The highest BCUT2D eigenvalue weighted by Crippen LogP contribution is 2.35. The van der Waals surface area contributed by atoms with Crippen molar-refractivity contribution in [2.75, 3.05) is 7.11 Å². The van der Waals surface area contributed by atoms with Crippen molar-refractivity contribution in [3.05, 3.63) is 32.3 Å². The van der Waals surface area contributed by atoms with Crippen molar-refractivity contribution >= 4 is 33.4 Å². The van der Waals surface area contributed by atoms with Crippen molar-refractivity contribution in [2.45, 2.75) is 20.0 Å². The molecule has 0 aliphatic heterocycles. The first-order chi connectivity index (χ1) is 9.27. The van der Waals surface area contributed by atoms with E-state index in [1.165, 1.54) is 33.1 Å². The summed E-state index contributed by atoms with van der Waals surface area (Å²) in [4.78, 5) is 33.3. The van der Waals surface area contributed by atoms with Gasteiger partial charge in [0.05, 0.1) is 17.6 Å². The molecule has 0 fully saturated rings. The molecule has 0 aliphatic rings. The Kier molecular flexibility index (Phi) is 5.20. The zero-order valence-corrected chi connectivity index (χ0v) is 12.6. The van der Waals surface area contributed by atoms with E-state index in [1.807, 2.05) is 0 Å². The van der Waals surface area contributed by atoms with Crippen LogP contribution in [0.5, 0.6) is 5.75 Å². The Labute approximate surface area is 123 Å². The number of Topliss-reactive ketones (excluding diaryl/α,β-unsaturated/α-hetero) is 1. The third-order valence-corrected chi connectivity index (χ3v) is 2.90. The summed E-state index contributed by atoms with van der Waals surface area (Å²) in [6, 6.07) is 2.60. The molecule has 20 heavy (non-hydrogen) atoms. The molecule has 7 nitrogen and oxygen atoms in total. The Hall–Kier alpha value is -1.96. The number of methoxy groups -OCH3 is 1. The van der Waals surface area contributed by atoms with Gasteiger partial charge in [0.1, 0.15) is 0 Å². The lowest BCUT2D eigenvalue weighted by atomic mass is 10.1. The molecular formula is C12H12BrNO6. The first kappa shape index (κ1) is 16.1. The van der Waals surface area contributed by atoms with Crippen molar-refractivity contribution in [2.24, 2.45) is 0 Å². The van der Waals surface area contributed by atoms with Crippen LogP contribution >= 0.6 is 15.9 Å². The summed E-state index contributed by atoms with van der Waals surface area (Å²) in [6.07, 6.45) is -1.07. The number of carbonyl (C=O) groups is 2. The second-order valence-corrected chi connectivity index (χ2v) is 4.81. The molecule has 1 aromatic carbocycles. The predicted octanol–water partition coefficient (Wildman–Crippen LogP) is 2.50. The van der Waals surface area contributed by atoms with Gasteiger partial charge in [-0.15, -0.1) is 0 Å². The topological polar surface area (TPSA) is 95.7 Å². The minimum absolute atomic E-state index is 0.0156. The van der Waals surface area contributed by atoms with Crippen LogP contribution in [0.4, 0.5) is 5.69 Å². The molecule has 0 radical (unpaired) electrons. The first-order valence-electron chi connectivity index (χ1n) is 5.51. The van der Waals surface area contributed by atoms with Crippen LogP contribution in [0.2, 0.25) is 0 Å². The Morgan fingerprint density at radius 2 is 2.00 bits per heavy atom. The number of hydrogen-bond acceptors (Lipinski definition) is 6. The zero-order valence-electron chi connectivity index (χ0n) is 11.0. The van der Waals surface area contributed by atoms with Gasteiger partial charge in [-0.3, -0.25) is 14.9 Å². The van der Waals surface area contributed by atoms with Gasteiger partial charge in [-0.2, -0.15) is 0 Å². The number of nitro benzene ring substituents is 1. The van der Waals surface area contributed by atoms with Gasteiger partial charge in [0, 0.05) is 10.5 Å². The van der Waals surface area contributed by atoms with Crippen LogP contribution in [-0.2, 0) is 9.53 Å².